The summed E-state index contributed by atoms with van der Waals surface area (Å²) in [4.78, 5) is 12.4. The minimum atomic E-state index is -0.407. The highest BCUT2D eigenvalue weighted by molar-refractivity contribution is 5.77. The normalized spacial score (nSPS) is 44.7. The summed E-state index contributed by atoms with van der Waals surface area (Å²) in [6, 6.07) is 0. The largest absolute Gasteiger partial charge is 0.436 e. The quantitative estimate of drug-likeness (QED) is 0.560. The van der Waals surface area contributed by atoms with Gasteiger partial charge in [0.2, 0.25) is 0 Å². The summed E-state index contributed by atoms with van der Waals surface area (Å²) in [7, 11) is 1.58. The van der Waals surface area contributed by atoms with Crippen molar-refractivity contribution in [3.8, 4) is 0 Å². The lowest BCUT2D eigenvalue weighted by molar-refractivity contribution is -0.195. The Hall–Kier alpha value is -0.570. The van der Waals surface area contributed by atoms with Crippen LogP contribution in [0.15, 0.2) is 0 Å². The third-order valence-electron chi connectivity index (χ3n) is 5.08. The molecule has 1 atom stereocenters. The van der Waals surface area contributed by atoms with Crippen LogP contribution in [0, 0.1) is 23.2 Å². The molecule has 0 radical (unpaired) electrons. The molecule has 96 valence electrons. The van der Waals surface area contributed by atoms with Crippen LogP contribution in [-0.4, -0.2) is 19.4 Å². The van der Waals surface area contributed by atoms with Gasteiger partial charge in [-0.25, -0.2) is 0 Å². The van der Waals surface area contributed by atoms with Crippen molar-refractivity contribution in [2.75, 3.05) is 7.11 Å². The van der Waals surface area contributed by atoms with E-state index < -0.39 is 6.29 Å². The van der Waals surface area contributed by atoms with Gasteiger partial charge in [-0.2, -0.15) is 0 Å². The third-order valence-corrected chi connectivity index (χ3v) is 5.08. The van der Waals surface area contributed by atoms with Gasteiger partial charge in [-0.05, 0) is 63.2 Å². The number of hydrogen-bond acceptors (Lipinski definition) is 3. The van der Waals surface area contributed by atoms with Crippen LogP contribution in [0.5, 0.6) is 0 Å². The number of methoxy groups -OCH3 is 1. The molecule has 0 N–H and O–H groups in total. The Morgan fingerprint density at radius 3 is 2.00 bits per heavy atom. The lowest BCUT2D eigenvalue weighted by Gasteiger charge is -2.55. The number of ether oxygens (including phenoxy) is 2. The van der Waals surface area contributed by atoms with Gasteiger partial charge in [0, 0.05) is 7.11 Å². The molecule has 4 bridgehead atoms. The van der Waals surface area contributed by atoms with E-state index in [1.165, 1.54) is 19.3 Å². The fraction of sp³-hybridized carbons (Fsp3) is 0.929. The maximum absolute atomic E-state index is 12.4. The Morgan fingerprint density at radius 2 is 1.59 bits per heavy atom. The molecular weight excluding hydrogens is 216 g/mol. The van der Waals surface area contributed by atoms with Gasteiger partial charge in [0.25, 0.3) is 0 Å². The summed E-state index contributed by atoms with van der Waals surface area (Å²) in [5, 5.41) is 0. The Balaban J connectivity index is 1.75. The number of hydrogen-bond donors (Lipinski definition) is 0. The zero-order valence-corrected chi connectivity index (χ0v) is 10.8. The molecule has 0 aromatic heterocycles. The van der Waals surface area contributed by atoms with Crippen LogP contribution in [-0.2, 0) is 14.3 Å². The van der Waals surface area contributed by atoms with Crippen LogP contribution in [0.1, 0.15) is 45.4 Å². The lowest BCUT2D eigenvalue weighted by Crippen LogP contribution is -2.51. The Bertz CT molecular complexity index is 288. The average Bonchev–Trinajstić information content (AvgIpc) is 2.26. The van der Waals surface area contributed by atoms with Gasteiger partial charge in [-0.15, -0.1) is 0 Å². The molecule has 0 spiro atoms. The van der Waals surface area contributed by atoms with Crippen LogP contribution < -0.4 is 0 Å². The van der Waals surface area contributed by atoms with Crippen LogP contribution in [0.2, 0.25) is 0 Å². The molecular formula is C14H22O3. The highest BCUT2D eigenvalue weighted by Gasteiger charge is 2.55. The van der Waals surface area contributed by atoms with Gasteiger partial charge < -0.3 is 9.47 Å². The molecule has 4 aliphatic carbocycles. The highest BCUT2D eigenvalue weighted by Crippen LogP contribution is 2.60. The van der Waals surface area contributed by atoms with Crippen molar-refractivity contribution in [2.45, 2.75) is 51.7 Å². The maximum Gasteiger partial charge on any atom is 0.314 e. The molecule has 3 nitrogen and oxygen atoms in total. The van der Waals surface area contributed by atoms with E-state index in [0.29, 0.717) is 0 Å². The predicted molar refractivity (Wildman–Crippen MR) is 63.2 cm³/mol. The van der Waals surface area contributed by atoms with E-state index in [-0.39, 0.29) is 11.4 Å². The van der Waals surface area contributed by atoms with Gasteiger partial charge in [-0.1, -0.05) is 0 Å². The van der Waals surface area contributed by atoms with Gasteiger partial charge >= 0.3 is 5.97 Å². The van der Waals surface area contributed by atoms with E-state index in [9.17, 15) is 4.79 Å². The SMILES string of the molecule is COC(C)OC(=O)C12CC3CC(CC(C3)C1)C2. The maximum atomic E-state index is 12.4. The molecule has 4 fully saturated rings. The standard InChI is InChI=1S/C14H22O3/c1-9(16-2)17-13(15)14-6-10-3-11(7-14)5-12(4-10)8-14/h9-12H,3-8H2,1-2H3. The van der Waals surface area contributed by atoms with Crippen LogP contribution in [0.25, 0.3) is 0 Å². The molecule has 3 heteroatoms. The molecule has 0 aromatic carbocycles. The van der Waals surface area contributed by atoms with Crippen molar-refractivity contribution in [1.82, 2.24) is 0 Å². The van der Waals surface area contributed by atoms with E-state index in [2.05, 4.69) is 0 Å². The first-order valence-electron chi connectivity index (χ1n) is 6.85. The summed E-state index contributed by atoms with van der Waals surface area (Å²) in [6.07, 6.45) is 6.84. The van der Waals surface area contributed by atoms with Crippen LogP contribution in [0.4, 0.5) is 0 Å². The fourth-order valence-corrected chi connectivity index (χ4v) is 4.68. The summed E-state index contributed by atoms with van der Waals surface area (Å²) in [5.41, 5.74) is -0.151. The molecule has 4 aliphatic rings. The first-order chi connectivity index (χ1) is 8.11. The van der Waals surface area contributed by atoms with Gasteiger partial charge in [0.15, 0.2) is 6.29 Å². The number of rotatable bonds is 3. The topological polar surface area (TPSA) is 35.5 Å². The zero-order chi connectivity index (χ0) is 12.0. The van der Waals surface area contributed by atoms with Gasteiger partial charge in [0.1, 0.15) is 0 Å². The van der Waals surface area contributed by atoms with Crippen molar-refractivity contribution in [2.24, 2.45) is 23.2 Å². The van der Waals surface area contributed by atoms with Gasteiger partial charge in [-0.3, -0.25) is 4.79 Å². The molecule has 0 saturated heterocycles. The van der Waals surface area contributed by atoms with Crippen molar-refractivity contribution >= 4 is 5.97 Å². The monoisotopic (exact) mass is 238 g/mol. The van der Waals surface area contributed by atoms with Crippen LogP contribution in [0.3, 0.4) is 0 Å². The fourth-order valence-electron chi connectivity index (χ4n) is 4.68. The van der Waals surface area contributed by atoms with E-state index in [1.54, 1.807) is 14.0 Å². The van der Waals surface area contributed by atoms with Crippen molar-refractivity contribution in [3.05, 3.63) is 0 Å². The smallest absolute Gasteiger partial charge is 0.314 e. The molecule has 0 aliphatic heterocycles. The third kappa shape index (κ3) is 1.88. The van der Waals surface area contributed by atoms with Crippen LogP contribution >= 0.6 is 0 Å². The van der Waals surface area contributed by atoms with E-state index >= 15 is 0 Å². The molecule has 0 heterocycles. The summed E-state index contributed by atoms with van der Waals surface area (Å²) >= 11 is 0. The van der Waals surface area contributed by atoms with Crippen molar-refractivity contribution in [3.63, 3.8) is 0 Å². The minimum Gasteiger partial charge on any atom is -0.436 e. The first kappa shape index (κ1) is 11.5. The molecule has 17 heavy (non-hydrogen) atoms. The lowest BCUT2D eigenvalue weighted by atomic mass is 9.49. The average molecular weight is 238 g/mol. The number of carbonyl (C=O) groups excluding carboxylic acids is 1. The Labute approximate surface area is 103 Å². The molecule has 0 amide bonds. The molecule has 0 aromatic rings. The summed E-state index contributed by atoms with van der Waals surface area (Å²) in [6.45, 7) is 1.79. The Morgan fingerprint density at radius 1 is 1.12 bits per heavy atom. The second-order valence-corrected chi connectivity index (χ2v) is 6.41. The first-order valence-corrected chi connectivity index (χ1v) is 6.85. The molecule has 4 saturated carbocycles. The second kappa shape index (κ2) is 3.98. The number of carbonyl (C=O) groups is 1. The molecule has 1 unspecified atom stereocenters. The molecule has 4 rings (SSSR count). The zero-order valence-electron chi connectivity index (χ0n) is 10.8. The highest BCUT2D eigenvalue weighted by atomic mass is 16.7. The predicted octanol–water partition coefficient (Wildman–Crippen LogP) is 2.74. The summed E-state index contributed by atoms with van der Waals surface area (Å²) in [5.74, 6) is 2.36. The number of esters is 1. The van der Waals surface area contributed by atoms with Crippen molar-refractivity contribution in [1.29, 1.82) is 0 Å². The summed E-state index contributed by atoms with van der Waals surface area (Å²) < 4.78 is 10.5. The van der Waals surface area contributed by atoms with E-state index in [4.69, 9.17) is 9.47 Å². The minimum absolute atomic E-state index is 0.00551. The second-order valence-electron chi connectivity index (χ2n) is 6.41. The van der Waals surface area contributed by atoms with Gasteiger partial charge in [0.05, 0.1) is 5.41 Å². The van der Waals surface area contributed by atoms with E-state index in [0.717, 1.165) is 37.0 Å². The van der Waals surface area contributed by atoms with Crippen molar-refractivity contribution < 1.29 is 14.3 Å². The Kier molecular flexibility index (Phi) is 2.69. The van der Waals surface area contributed by atoms with E-state index in [1.807, 2.05) is 0 Å².